The predicted octanol–water partition coefficient (Wildman–Crippen LogP) is 5.38. The zero-order valence-electron chi connectivity index (χ0n) is 18.7. The summed E-state index contributed by atoms with van der Waals surface area (Å²) in [6.45, 7) is 5.30. The number of carbonyl (C=O) groups is 2. The maximum absolute atomic E-state index is 14.1. The zero-order valence-corrected chi connectivity index (χ0v) is 18.7. The molecule has 2 amide bonds. The summed E-state index contributed by atoms with van der Waals surface area (Å²) in [6.07, 6.45) is -0.736. The summed E-state index contributed by atoms with van der Waals surface area (Å²) in [6, 6.07) is 26.5. The van der Waals surface area contributed by atoms with Gasteiger partial charge < -0.3 is 9.57 Å². The van der Waals surface area contributed by atoms with Crippen molar-refractivity contribution in [1.82, 2.24) is 0 Å². The maximum atomic E-state index is 14.1. The van der Waals surface area contributed by atoms with Gasteiger partial charge in [0.1, 0.15) is 5.60 Å². The van der Waals surface area contributed by atoms with Crippen molar-refractivity contribution in [3.05, 3.63) is 102 Å². The van der Waals surface area contributed by atoms with Crippen LogP contribution in [0.1, 0.15) is 43.4 Å². The van der Waals surface area contributed by atoms with E-state index in [-0.39, 0.29) is 0 Å². The zero-order chi connectivity index (χ0) is 23.2. The minimum Gasteiger partial charge on any atom is -0.443 e. The Hall–Kier alpha value is -3.93. The number of rotatable bonds is 2. The number of fused-ring (bicyclic) bond motifs is 2. The molecule has 2 aliphatic rings. The summed E-state index contributed by atoms with van der Waals surface area (Å²) in [7, 11) is 0. The van der Waals surface area contributed by atoms with Crippen LogP contribution >= 0.6 is 0 Å². The highest BCUT2D eigenvalue weighted by molar-refractivity contribution is 6.24. The number of nitrogens with zero attached hydrogens (tertiary/aromatic N) is 2. The largest absolute Gasteiger partial charge is 0.443 e. The van der Waals surface area contributed by atoms with Crippen LogP contribution < -0.4 is 4.90 Å². The number of ether oxygens (including phenoxy) is 1. The Bertz CT molecular complexity index is 1250. The standard InChI is InChI=1S/C27H24N2O4/c1-26(2,3)32-25(31)29-21-17-11-10-16-20(21)27(24(29)30)22(18-12-6-4-7-13-18)23(28-33-27)19-14-8-5-9-15-19/h4-17,22H,1-3H3. The summed E-state index contributed by atoms with van der Waals surface area (Å²) in [5.74, 6) is -1.07. The Morgan fingerprint density at radius 1 is 0.939 bits per heavy atom. The maximum Gasteiger partial charge on any atom is 0.421 e. The van der Waals surface area contributed by atoms with Crippen LogP contribution in [0.5, 0.6) is 0 Å². The molecule has 0 bridgehead atoms. The molecule has 3 aromatic carbocycles. The van der Waals surface area contributed by atoms with Gasteiger partial charge in [0.25, 0.3) is 11.5 Å². The smallest absolute Gasteiger partial charge is 0.421 e. The van der Waals surface area contributed by atoms with Gasteiger partial charge in [-0.2, -0.15) is 0 Å². The molecule has 0 N–H and O–H groups in total. The van der Waals surface area contributed by atoms with Crippen LogP contribution in [0.4, 0.5) is 10.5 Å². The van der Waals surface area contributed by atoms with Gasteiger partial charge in [-0.15, -0.1) is 0 Å². The van der Waals surface area contributed by atoms with Gasteiger partial charge in [0, 0.05) is 11.1 Å². The molecule has 0 aliphatic carbocycles. The van der Waals surface area contributed by atoms with E-state index in [1.54, 1.807) is 32.9 Å². The van der Waals surface area contributed by atoms with Crippen molar-refractivity contribution >= 4 is 23.4 Å². The highest BCUT2D eigenvalue weighted by Crippen LogP contribution is 2.55. The van der Waals surface area contributed by atoms with E-state index < -0.39 is 29.1 Å². The first kappa shape index (κ1) is 20.9. The summed E-state index contributed by atoms with van der Waals surface area (Å²) in [5, 5.41) is 4.43. The Morgan fingerprint density at radius 2 is 1.55 bits per heavy atom. The van der Waals surface area contributed by atoms with Crippen molar-refractivity contribution in [3.8, 4) is 0 Å². The fraction of sp³-hybridized carbons (Fsp3) is 0.222. The van der Waals surface area contributed by atoms with Crippen LogP contribution in [0.3, 0.4) is 0 Å². The summed E-state index contributed by atoms with van der Waals surface area (Å²) >= 11 is 0. The first-order valence-electron chi connectivity index (χ1n) is 10.9. The molecule has 2 unspecified atom stereocenters. The van der Waals surface area contributed by atoms with E-state index in [0.29, 0.717) is 17.0 Å². The molecule has 1 spiro atoms. The summed E-state index contributed by atoms with van der Waals surface area (Å²) in [5.41, 5.74) is 1.11. The van der Waals surface area contributed by atoms with Crippen LogP contribution in [-0.2, 0) is 20.0 Å². The molecule has 33 heavy (non-hydrogen) atoms. The van der Waals surface area contributed by atoms with E-state index in [2.05, 4.69) is 5.16 Å². The van der Waals surface area contributed by atoms with E-state index in [9.17, 15) is 9.59 Å². The van der Waals surface area contributed by atoms with Gasteiger partial charge in [-0.05, 0) is 32.4 Å². The lowest BCUT2D eigenvalue weighted by Gasteiger charge is -2.29. The fourth-order valence-corrected chi connectivity index (χ4v) is 4.51. The summed E-state index contributed by atoms with van der Waals surface area (Å²) < 4.78 is 5.58. The third-order valence-electron chi connectivity index (χ3n) is 5.81. The number of para-hydroxylation sites is 1. The van der Waals surface area contributed by atoms with Crippen molar-refractivity contribution < 1.29 is 19.2 Å². The number of hydrogen-bond donors (Lipinski definition) is 0. The van der Waals surface area contributed by atoms with Crippen LogP contribution in [0, 0.1) is 0 Å². The Balaban J connectivity index is 1.69. The van der Waals surface area contributed by atoms with Crippen molar-refractivity contribution in [2.24, 2.45) is 5.16 Å². The normalized spacial score (nSPS) is 21.5. The number of benzene rings is 3. The van der Waals surface area contributed by atoms with Gasteiger partial charge in [-0.25, -0.2) is 9.69 Å². The molecule has 6 nitrogen and oxygen atoms in total. The lowest BCUT2D eigenvalue weighted by atomic mass is 9.74. The minimum absolute atomic E-state index is 0.446. The average molecular weight is 440 g/mol. The number of oxime groups is 1. The molecule has 0 radical (unpaired) electrons. The molecular weight excluding hydrogens is 416 g/mol. The second-order valence-corrected chi connectivity index (χ2v) is 9.15. The third kappa shape index (κ3) is 3.30. The minimum atomic E-state index is -1.51. The van der Waals surface area contributed by atoms with Crippen LogP contribution in [-0.4, -0.2) is 23.3 Å². The molecular formula is C27H24N2O4. The molecule has 5 rings (SSSR count). The van der Waals surface area contributed by atoms with Gasteiger partial charge in [0.05, 0.1) is 17.3 Å². The SMILES string of the molecule is CC(C)(C)OC(=O)N1C(=O)C2(ON=C(c3ccccc3)C2c2ccccc2)c2ccccc21. The second-order valence-electron chi connectivity index (χ2n) is 9.15. The van der Waals surface area contributed by atoms with E-state index in [1.165, 1.54) is 0 Å². The van der Waals surface area contributed by atoms with Crippen LogP contribution in [0.2, 0.25) is 0 Å². The first-order chi connectivity index (χ1) is 15.8. The molecule has 0 fully saturated rings. The third-order valence-corrected chi connectivity index (χ3v) is 5.81. The van der Waals surface area contributed by atoms with Gasteiger partial charge in [0.15, 0.2) is 0 Å². The molecule has 166 valence electrons. The number of amides is 2. The number of imide groups is 1. The molecule has 6 heteroatoms. The van der Waals surface area contributed by atoms with Gasteiger partial charge in [0.2, 0.25) is 0 Å². The van der Waals surface area contributed by atoms with Crippen LogP contribution in [0.25, 0.3) is 0 Å². The molecule has 0 aromatic heterocycles. The molecule has 2 heterocycles. The Morgan fingerprint density at radius 3 is 2.21 bits per heavy atom. The Labute approximate surface area is 192 Å². The molecule has 0 saturated heterocycles. The average Bonchev–Trinajstić information content (AvgIpc) is 3.31. The Kier molecular flexibility index (Phi) is 4.81. The first-order valence-corrected chi connectivity index (χ1v) is 10.9. The van der Waals surface area contributed by atoms with E-state index in [1.807, 2.05) is 72.8 Å². The van der Waals surface area contributed by atoms with Gasteiger partial charge >= 0.3 is 6.09 Å². The van der Waals surface area contributed by atoms with Crippen molar-refractivity contribution in [2.75, 3.05) is 4.90 Å². The topological polar surface area (TPSA) is 68.2 Å². The highest BCUT2D eigenvalue weighted by Gasteiger charge is 2.65. The summed E-state index contributed by atoms with van der Waals surface area (Å²) in [4.78, 5) is 34.4. The molecule has 2 aliphatic heterocycles. The van der Waals surface area contributed by atoms with Crippen molar-refractivity contribution in [3.63, 3.8) is 0 Å². The van der Waals surface area contributed by atoms with Crippen molar-refractivity contribution in [2.45, 2.75) is 37.9 Å². The lowest BCUT2D eigenvalue weighted by molar-refractivity contribution is -0.141. The fourth-order valence-electron chi connectivity index (χ4n) is 4.51. The second kappa shape index (κ2) is 7.59. The molecule has 3 aromatic rings. The van der Waals surface area contributed by atoms with Gasteiger partial charge in [-0.3, -0.25) is 4.79 Å². The number of hydrogen-bond acceptors (Lipinski definition) is 5. The van der Waals surface area contributed by atoms with E-state index in [0.717, 1.165) is 16.0 Å². The number of carbonyl (C=O) groups excluding carboxylic acids is 2. The molecule has 0 saturated carbocycles. The van der Waals surface area contributed by atoms with Crippen molar-refractivity contribution in [1.29, 1.82) is 0 Å². The molecule has 2 atom stereocenters. The monoisotopic (exact) mass is 440 g/mol. The quantitative estimate of drug-likeness (QED) is 0.536. The lowest BCUT2D eigenvalue weighted by Crippen LogP contribution is -2.48. The van der Waals surface area contributed by atoms with E-state index in [4.69, 9.17) is 9.57 Å². The van der Waals surface area contributed by atoms with E-state index >= 15 is 0 Å². The van der Waals surface area contributed by atoms with Crippen LogP contribution in [0.15, 0.2) is 90.1 Å². The van der Waals surface area contributed by atoms with Gasteiger partial charge in [-0.1, -0.05) is 84.0 Å². The highest BCUT2D eigenvalue weighted by atomic mass is 16.7. The number of anilines is 1. The predicted molar refractivity (Wildman–Crippen MR) is 125 cm³/mol.